The molecular weight excluding hydrogens is 386 g/mol. The number of carbonyl (C=O) groups excluding carboxylic acids is 1. The highest BCUT2D eigenvalue weighted by molar-refractivity contribution is 7.16. The van der Waals surface area contributed by atoms with Crippen molar-refractivity contribution in [2.45, 2.75) is 51.6 Å². The molecule has 2 heterocycles. The summed E-state index contributed by atoms with van der Waals surface area (Å²) in [6.45, 7) is 2.74. The van der Waals surface area contributed by atoms with E-state index < -0.39 is 0 Å². The number of nitrogens with one attached hydrogen (secondary N) is 1. The minimum atomic E-state index is -0.339. The smallest absolute Gasteiger partial charge is 0.242 e. The standard InChI is InChI=1S/C22H25N3O3S/c1-14(25(2)12-15-8-9-18-19(10-15)28-13-27-18)21(26)24-22-17(11-23)16-6-4-3-5-7-20(16)29-22/h8-10,14H,3-7,12-13H2,1-2H3,(H,24,26). The lowest BCUT2D eigenvalue weighted by Crippen LogP contribution is -2.39. The molecule has 1 unspecified atom stereocenters. The second-order valence-corrected chi connectivity index (χ2v) is 8.75. The topological polar surface area (TPSA) is 74.6 Å². The average molecular weight is 412 g/mol. The third-order valence-electron chi connectivity index (χ3n) is 5.68. The summed E-state index contributed by atoms with van der Waals surface area (Å²) in [4.78, 5) is 16.1. The van der Waals surface area contributed by atoms with E-state index in [-0.39, 0.29) is 18.7 Å². The van der Waals surface area contributed by atoms with Gasteiger partial charge in [-0.15, -0.1) is 11.3 Å². The lowest BCUT2D eigenvalue weighted by Gasteiger charge is -2.23. The number of hydrogen-bond donors (Lipinski definition) is 1. The summed E-state index contributed by atoms with van der Waals surface area (Å²) in [5, 5.41) is 13.4. The fourth-order valence-electron chi connectivity index (χ4n) is 3.83. The SMILES string of the molecule is CC(C(=O)Nc1sc2c(c1C#N)CCCCC2)N(C)Cc1ccc2c(c1)OCO2. The fourth-order valence-corrected chi connectivity index (χ4v) is 5.07. The second kappa shape index (κ2) is 8.44. The number of thiophene rings is 1. The number of likely N-dealkylation sites (N-methyl/N-ethyl adjacent to an activating group) is 1. The van der Waals surface area contributed by atoms with E-state index in [1.165, 1.54) is 11.3 Å². The van der Waals surface area contributed by atoms with Crippen LogP contribution in [-0.4, -0.2) is 30.7 Å². The summed E-state index contributed by atoms with van der Waals surface area (Å²) in [6.07, 6.45) is 5.41. The molecule has 0 saturated carbocycles. The van der Waals surface area contributed by atoms with Gasteiger partial charge in [-0.25, -0.2) is 0 Å². The lowest BCUT2D eigenvalue weighted by atomic mass is 10.1. The fraction of sp³-hybridized carbons (Fsp3) is 0.455. The third kappa shape index (κ3) is 4.09. The zero-order valence-corrected chi connectivity index (χ0v) is 17.6. The van der Waals surface area contributed by atoms with Crippen LogP contribution in [0.1, 0.15) is 47.8 Å². The minimum absolute atomic E-state index is 0.0962. The largest absolute Gasteiger partial charge is 0.454 e. The van der Waals surface area contributed by atoms with Gasteiger partial charge >= 0.3 is 0 Å². The van der Waals surface area contributed by atoms with E-state index in [9.17, 15) is 10.1 Å². The summed E-state index contributed by atoms with van der Waals surface area (Å²) in [5.41, 5.74) is 2.86. The van der Waals surface area contributed by atoms with E-state index in [4.69, 9.17) is 9.47 Å². The van der Waals surface area contributed by atoms with E-state index in [0.29, 0.717) is 17.1 Å². The van der Waals surface area contributed by atoms with Crippen molar-refractivity contribution in [1.82, 2.24) is 4.90 Å². The molecule has 1 aliphatic carbocycles. The first-order chi connectivity index (χ1) is 14.1. The molecule has 0 saturated heterocycles. The predicted molar refractivity (Wildman–Crippen MR) is 112 cm³/mol. The Labute approximate surface area is 175 Å². The number of anilines is 1. The van der Waals surface area contributed by atoms with Gasteiger partial charge in [0, 0.05) is 11.4 Å². The zero-order valence-electron chi connectivity index (χ0n) is 16.8. The van der Waals surface area contributed by atoms with Crippen molar-refractivity contribution in [2.75, 3.05) is 19.2 Å². The van der Waals surface area contributed by atoms with E-state index in [1.54, 1.807) is 11.3 Å². The molecule has 2 aliphatic rings. The van der Waals surface area contributed by atoms with Gasteiger partial charge in [-0.05, 0) is 62.9 Å². The Bertz CT molecular complexity index is 963. The maximum absolute atomic E-state index is 12.9. The van der Waals surface area contributed by atoms with Crippen LogP contribution in [0.5, 0.6) is 11.5 Å². The number of fused-ring (bicyclic) bond motifs is 2. The van der Waals surface area contributed by atoms with E-state index in [1.807, 2.05) is 37.1 Å². The van der Waals surface area contributed by atoms with Crippen molar-refractivity contribution >= 4 is 22.2 Å². The van der Waals surface area contributed by atoms with Crippen LogP contribution in [0.15, 0.2) is 18.2 Å². The Morgan fingerprint density at radius 1 is 1.28 bits per heavy atom. The van der Waals surface area contributed by atoms with Crippen LogP contribution in [-0.2, 0) is 24.2 Å². The number of aryl methyl sites for hydroxylation is 1. The number of benzene rings is 1. The molecule has 0 fully saturated rings. The van der Waals surface area contributed by atoms with Crippen LogP contribution in [0.4, 0.5) is 5.00 Å². The Morgan fingerprint density at radius 3 is 2.90 bits per heavy atom. The molecule has 0 spiro atoms. The summed E-state index contributed by atoms with van der Waals surface area (Å²) in [5.74, 6) is 1.40. The normalized spacial score (nSPS) is 16.1. The highest BCUT2D eigenvalue weighted by Gasteiger charge is 2.24. The van der Waals surface area contributed by atoms with Crippen LogP contribution in [0.25, 0.3) is 0 Å². The van der Waals surface area contributed by atoms with Gasteiger partial charge in [-0.1, -0.05) is 12.5 Å². The molecule has 4 rings (SSSR count). The maximum Gasteiger partial charge on any atom is 0.242 e. The van der Waals surface area contributed by atoms with Crippen molar-refractivity contribution in [3.8, 4) is 17.6 Å². The number of amides is 1. The maximum atomic E-state index is 12.9. The number of ether oxygens (including phenoxy) is 2. The van der Waals surface area contributed by atoms with Gasteiger partial charge in [-0.3, -0.25) is 9.69 Å². The van der Waals surface area contributed by atoms with Crippen molar-refractivity contribution in [3.63, 3.8) is 0 Å². The Hall–Kier alpha value is -2.56. The number of nitriles is 1. The van der Waals surface area contributed by atoms with Crippen LogP contribution in [0.2, 0.25) is 0 Å². The second-order valence-electron chi connectivity index (χ2n) is 7.65. The van der Waals surface area contributed by atoms with Crippen LogP contribution >= 0.6 is 11.3 Å². The summed E-state index contributed by atoms with van der Waals surface area (Å²) >= 11 is 1.57. The first kappa shape index (κ1) is 19.7. The third-order valence-corrected chi connectivity index (χ3v) is 6.89. The molecular formula is C22H25N3O3S. The molecule has 0 radical (unpaired) electrons. The minimum Gasteiger partial charge on any atom is -0.454 e. The van der Waals surface area contributed by atoms with Crippen LogP contribution in [0, 0.1) is 11.3 Å². The molecule has 0 bridgehead atoms. The number of carbonyl (C=O) groups is 1. The number of nitrogens with zero attached hydrogens (tertiary/aromatic N) is 2. The molecule has 1 N–H and O–H groups in total. The number of rotatable bonds is 5. The summed E-state index contributed by atoms with van der Waals surface area (Å²) in [7, 11) is 1.92. The summed E-state index contributed by atoms with van der Waals surface area (Å²) < 4.78 is 10.8. The molecule has 2 aromatic rings. The van der Waals surface area contributed by atoms with Crippen molar-refractivity contribution in [2.24, 2.45) is 0 Å². The van der Waals surface area contributed by atoms with E-state index in [0.717, 1.165) is 48.3 Å². The Balaban J connectivity index is 1.43. The average Bonchev–Trinajstić information content (AvgIpc) is 3.23. The van der Waals surface area contributed by atoms with Crippen LogP contribution in [0.3, 0.4) is 0 Å². The van der Waals surface area contributed by atoms with Crippen molar-refractivity contribution in [1.29, 1.82) is 5.26 Å². The van der Waals surface area contributed by atoms with Gasteiger partial charge < -0.3 is 14.8 Å². The van der Waals surface area contributed by atoms with Crippen molar-refractivity contribution in [3.05, 3.63) is 39.8 Å². The van der Waals surface area contributed by atoms with Gasteiger partial charge in [0.2, 0.25) is 12.7 Å². The summed E-state index contributed by atoms with van der Waals surface area (Å²) in [6, 6.07) is 7.82. The van der Waals surface area contributed by atoms with Crippen molar-refractivity contribution < 1.29 is 14.3 Å². The quantitative estimate of drug-likeness (QED) is 0.751. The molecule has 1 amide bonds. The number of hydrogen-bond acceptors (Lipinski definition) is 6. The van der Waals surface area contributed by atoms with Gasteiger partial charge in [-0.2, -0.15) is 5.26 Å². The molecule has 1 atom stereocenters. The molecule has 29 heavy (non-hydrogen) atoms. The molecule has 6 nitrogen and oxygen atoms in total. The van der Waals surface area contributed by atoms with Gasteiger partial charge in [0.05, 0.1) is 11.6 Å². The van der Waals surface area contributed by atoms with E-state index in [2.05, 4.69) is 11.4 Å². The van der Waals surface area contributed by atoms with Gasteiger partial charge in [0.1, 0.15) is 11.1 Å². The molecule has 7 heteroatoms. The van der Waals surface area contributed by atoms with E-state index >= 15 is 0 Å². The van der Waals surface area contributed by atoms with Gasteiger partial charge in [0.25, 0.3) is 0 Å². The first-order valence-electron chi connectivity index (χ1n) is 10.0. The molecule has 1 aliphatic heterocycles. The highest BCUT2D eigenvalue weighted by atomic mass is 32.1. The molecule has 152 valence electrons. The zero-order chi connectivity index (χ0) is 20.4. The Morgan fingerprint density at radius 2 is 2.07 bits per heavy atom. The lowest BCUT2D eigenvalue weighted by molar-refractivity contribution is -0.120. The first-order valence-corrected chi connectivity index (χ1v) is 10.8. The monoisotopic (exact) mass is 411 g/mol. The predicted octanol–water partition coefficient (Wildman–Crippen LogP) is 4.08. The highest BCUT2D eigenvalue weighted by Crippen LogP contribution is 2.37. The van der Waals surface area contributed by atoms with Crippen LogP contribution < -0.4 is 14.8 Å². The molecule has 1 aromatic heterocycles. The Kier molecular flexibility index (Phi) is 5.74. The molecule has 1 aromatic carbocycles. The van der Waals surface area contributed by atoms with Gasteiger partial charge in [0.15, 0.2) is 11.5 Å².